The number of rotatable bonds is 1. The average molecular weight is 408 g/mol. The van der Waals surface area contributed by atoms with E-state index in [1.165, 1.54) is 0 Å². The molecule has 2 aliphatic heterocycles. The minimum absolute atomic E-state index is 0.286. The molecule has 1 spiro atoms. The van der Waals surface area contributed by atoms with Crippen molar-refractivity contribution in [1.29, 1.82) is 0 Å². The van der Waals surface area contributed by atoms with E-state index in [1.54, 1.807) is 24.3 Å². The summed E-state index contributed by atoms with van der Waals surface area (Å²) in [6.45, 7) is 0. The molecule has 0 radical (unpaired) electrons. The van der Waals surface area contributed by atoms with Crippen molar-refractivity contribution in [2.24, 2.45) is 0 Å². The second-order valence-electron chi connectivity index (χ2n) is 5.82. The van der Waals surface area contributed by atoms with Crippen LogP contribution in [0.3, 0.4) is 0 Å². The summed E-state index contributed by atoms with van der Waals surface area (Å²) in [6.07, 6.45) is -0.115. The molecule has 2 unspecified atom stereocenters. The molecule has 0 aliphatic carbocycles. The molecule has 0 saturated carbocycles. The van der Waals surface area contributed by atoms with Gasteiger partial charge in [0.1, 0.15) is 11.9 Å². The average Bonchev–Trinajstić information content (AvgIpc) is 2.82. The number of carbonyl (C=O) groups excluding carboxylic acids is 2. The molecule has 2 aliphatic rings. The van der Waals surface area contributed by atoms with Crippen LogP contribution in [0.1, 0.15) is 23.7 Å². The number of urea groups is 1. The standard InChI is InChI=1S/C17H12BrClN2O3/c18-10-4-5-13-12(7-10)17(15(22)20-16(23)21-17)8-14(24-13)9-2-1-3-11(19)6-9/h1-7,14H,8H2,(H2,20,21,22,23). The van der Waals surface area contributed by atoms with Crippen molar-refractivity contribution in [2.45, 2.75) is 18.1 Å². The SMILES string of the molecule is O=C1NC(=O)C2(CC(c3cccc(Cl)c3)Oc3ccc(Br)cc32)N1. The van der Waals surface area contributed by atoms with Gasteiger partial charge in [0, 0.05) is 21.5 Å². The third-order valence-electron chi connectivity index (χ3n) is 4.32. The van der Waals surface area contributed by atoms with E-state index in [-0.39, 0.29) is 12.3 Å². The predicted octanol–water partition coefficient (Wildman–Crippen LogP) is 3.66. The van der Waals surface area contributed by atoms with Crippen molar-refractivity contribution in [2.75, 3.05) is 0 Å². The first-order valence-electron chi connectivity index (χ1n) is 7.34. The second kappa shape index (κ2) is 5.50. The van der Waals surface area contributed by atoms with Crippen LogP contribution in [-0.2, 0) is 10.3 Å². The first kappa shape index (κ1) is 15.5. The molecule has 4 rings (SSSR count). The lowest BCUT2D eigenvalue weighted by atomic mass is 9.80. The normalized spacial score (nSPS) is 25.0. The lowest BCUT2D eigenvalue weighted by molar-refractivity contribution is -0.126. The molecular weight excluding hydrogens is 396 g/mol. The van der Waals surface area contributed by atoms with Gasteiger partial charge in [-0.25, -0.2) is 4.79 Å². The number of halogens is 2. The summed E-state index contributed by atoms with van der Waals surface area (Å²) >= 11 is 9.49. The lowest BCUT2D eigenvalue weighted by Gasteiger charge is -2.38. The third kappa shape index (κ3) is 2.37. The van der Waals surface area contributed by atoms with E-state index in [9.17, 15) is 9.59 Å². The molecule has 7 heteroatoms. The van der Waals surface area contributed by atoms with Crippen LogP contribution in [0.25, 0.3) is 0 Å². The zero-order valence-corrected chi connectivity index (χ0v) is 14.6. The molecule has 24 heavy (non-hydrogen) atoms. The number of carbonyl (C=O) groups is 2. The number of hydrogen-bond donors (Lipinski definition) is 2. The third-order valence-corrected chi connectivity index (χ3v) is 5.05. The van der Waals surface area contributed by atoms with Crippen molar-refractivity contribution in [3.05, 3.63) is 63.1 Å². The van der Waals surface area contributed by atoms with E-state index < -0.39 is 17.7 Å². The highest BCUT2D eigenvalue weighted by Gasteiger charge is 2.53. The van der Waals surface area contributed by atoms with Crippen LogP contribution in [0.5, 0.6) is 5.75 Å². The van der Waals surface area contributed by atoms with Crippen molar-refractivity contribution < 1.29 is 14.3 Å². The zero-order valence-electron chi connectivity index (χ0n) is 12.3. The molecule has 2 aromatic carbocycles. The van der Waals surface area contributed by atoms with Crippen LogP contribution in [0.2, 0.25) is 5.02 Å². The van der Waals surface area contributed by atoms with Crippen LogP contribution in [0, 0.1) is 0 Å². The van der Waals surface area contributed by atoms with E-state index in [0.717, 1.165) is 10.0 Å². The molecule has 2 heterocycles. The molecule has 0 bridgehead atoms. The van der Waals surface area contributed by atoms with Gasteiger partial charge in [0.15, 0.2) is 5.54 Å². The fourth-order valence-electron chi connectivity index (χ4n) is 3.24. The van der Waals surface area contributed by atoms with E-state index in [0.29, 0.717) is 16.3 Å². The van der Waals surface area contributed by atoms with Crippen LogP contribution in [0.15, 0.2) is 46.9 Å². The smallest absolute Gasteiger partial charge is 0.322 e. The molecule has 5 nitrogen and oxygen atoms in total. The van der Waals surface area contributed by atoms with Gasteiger partial charge in [0.25, 0.3) is 5.91 Å². The van der Waals surface area contributed by atoms with E-state index in [2.05, 4.69) is 26.6 Å². The molecule has 122 valence electrons. The molecule has 1 fully saturated rings. The number of hydrogen-bond acceptors (Lipinski definition) is 3. The summed E-state index contributed by atoms with van der Waals surface area (Å²) in [7, 11) is 0. The van der Waals surface area contributed by atoms with E-state index in [4.69, 9.17) is 16.3 Å². The Labute approximate surface area is 151 Å². The van der Waals surface area contributed by atoms with Gasteiger partial charge in [-0.05, 0) is 35.9 Å². The summed E-state index contributed by atoms with van der Waals surface area (Å²) in [5.74, 6) is 0.189. The fraction of sp³-hybridized carbons (Fsp3) is 0.176. The molecule has 1 saturated heterocycles. The van der Waals surface area contributed by atoms with Gasteiger partial charge < -0.3 is 10.1 Å². The summed E-state index contributed by atoms with van der Waals surface area (Å²) in [5.41, 5.74) is 0.337. The summed E-state index contributed by atoms with van der Waals surface area (Å²) in [5, 5.41) is 5.71. The quantitative estimate of drug-likeness (QED) is 0.709. The summed E-state index contributed by atoms with van der Waals surface area (Å²) in [6, 6.07) is 12.2. The monoisotopic (exact) mass is 406 g/mol. The maximum absolute atomic E-state index is 12.6. The molecule has 2 N–H and O–H groups in total. The van der Waals surface area contributed by atoms with Gasteiger partial charge >= 0.3 is 6.03 Å². The summed E-state index contributed by atoms with van der Waals surface area (Å²) in [4.78, 5) is 24.4. The fourth-order valence-corrected chi connectivity index (χ4v) is 3.80. The summed E-state index contributed by atoms with van der Waals surface area (Å²) < 4.78 is 6.89. The largest absolute Gasteiger partial charge is 0.485 e. The molecule has 0 aromatic heterocycles. The minimum Gasteiger partial charge on any atom is -0.485 e. The maximum Gasteiger partial charge on any atom is 0.322 e. The zero-order chi connectivity index (χ0) is 16.9. The predicted molar refractivity (Wildman–Crippen MR) is 91.9 cm³/mol. The highest BCUT2D eigenvalue weighted by atomic mass is 79.9. The van der Waals surface area contributed by atoms with Crippen molar-refractivity contribution >= 4 is 39.5 Å². The van der Waals surface area contributed by atoms with E-state index >= 15 is 0 Å². The Hall–Kier alpha value is -2.05. The van der Waals surface area contributed by atoms with Gasteiger partial charge in [0.05, 0.1) is 0 Å². The van der Waals surface area contributed by atoms with Gasteiger partial charge in [-0.2, -0.15) is 0 Å². The molecule has 2 atom stereocenters. The van der Waals surface area contributed by atoms with Gasteiger partial charge in [-0.15, -0.1) is 0 Å². The Morgan fingerprint density at radius 3 is 2.75 bits per heavy atom. The molecule has 3 amide bonds. The second-order valence-corrected chi connectivity index (χ2v) is 7.17. The maximum atomic E-state index is 12.6. The Bertz CT molecular complexity index is 873. The van der Waals surface area contributed by atoms with Gasteiger partial charge in [-0.1, -0.05) is 39.7 Å². The first-order chi connectivity index (χ1) is 11.5. The Kier molecular flexibility index (Phi) is 3.54. The van der Waals surface area contributed by atoms with Crippen LogP contribution in [0.4, 0.5) is 4.79 Å². The number of amides is 3. The number of fused-ring (bicyclic) bond motifs is 2. The molecule has 2 aromatic rings. The minimum atomic E-state index is -1.15. The van der Waals surface area contributed by atoms with Crippen LogP contribution < -0.4 is 15.4 Å². The Morgan fingerprint density at radius 2 is 2.04 bits per heavy atom. The lowest BCUT2D eigenvalue weighted by Crippen LogP contribution is -2.48. The number of benzene rings is 2. The molecular formula is C17H12BrClN2O3. The van der Waals surface area contributed by atoms with Crippen molar-refractivity contribution in [3.63, 3.8) is 0 Å². The number of ether oxygens (including phenoxy) is 1. The topological polar surface area (TPSA) is 67.4 Å². The van der Waals surface area contributed by atoms with Crippen molar-refractivity contribution in [1.82, 2.24) is 10.6 Å². The Morgan fingerprint density at radius 1 is 1.21 bits per heavy atom. The Balaban J connectivity index is 1.86. The highest BCUT2D eigenvalue weighted by molar-refractivity contribution is 9.10. The van der Waals surface area contributed by atoms with Crippen LogP contribution in [-0.4, -0.2) is 11.9 Å². The van der Waals surface area contributed by atoms with E-state index in [1.807, 2.05) is 18.2 Å². The van der Waals surface area contributed by atoms with Crippen molar-refractivity contribution in [3.8, 4) is 5.75 Å². The number of nitrogens with one attached hydrogen (secondary N) is 2. The van der Waals surface area contributed by atoms with Crippen LogP contribution >= 0.6 is 27.5 Å². The first-order valence-corrected chi connectivity index (χ1v) is 8.51. The van der Waals surface area contributed by atoms with Gasteiger partial charge in [0.2, 0.25) is 0 Å². The number of imide groups is 1. The highest BCUT2D eigenvalue weighted by Crippen LogP contribution is 2.47. The van der Waals surface area contributed by atoms with Gasteiger partial charge in [-0.3, -0.25) is 10.1 Å².